The molecular formula is C21H33NO4. The molecule has 5 nitrogen and oxygen atoms in total. The molecule has 5 heteroatoms. The van der Waals surface area contributed by atoms with Crippen LogP contribution in [0, 0.1) is 0 Å². The van der Waals surface area contributed by atoms with Crippen molar-refractivity contribution < 1.29 is 19.4 Å². The van der Waals surface area contributed by atoms with E-state index in [1.807, 2.05) is 13.8 Å². The summed E-state index contributed by atoms with van der Waals surface area (Å²) < 4.78 is 11.5. The van der Waals surface area contributed by atoms with Gasteiger partial charge in [0.05, 0.1) is 13.2 Å². The van der Waals surface area contributed by atoms with Crippen LogP contribution in [-0.2, 0) is 17.8 Å². The molecule has 1 aromatic rings. The maximum atomic E-state index is 10.5. The molecule has 1 aliphatic heterocycles. The van der Waals surface area contributed by atoms with E-state index in [1.54, 1.807) is 0 Å². The molecule has 2 rings (SSSR count). The molecule has 0 fully saturated rings. The van der Waals surface area contributed by atoms with E-state index < -0.39 is 5.97 Å². The second-order valence-corrected chi connectivity index (χ2v) is 6.87. The van der Waals surface area contributed by atoms with Gasteiger partial charge in [-0.1, -0.05) is 19.3 Å². The molecule has 1 N–H and O–H groups in total. The number of carboxylic acids is 1. The summed E-state index contributed by atoms with van der Waals surface area (Å²) >= 11 is 0. The minimum atomic E-state index is -0.684. The van der Waals surface area contributed by atoms with E-state index in [4.69, 9.17) is 14.6 Å². The van der Waals surface area contributed by atoms with Crippen LogP contribution >= 0.6 is 0 Å². The standard InChI is InChI=1S/C21H33NO4/c1-3-25-19-14-17-11-13-22(16-18(17)15-20(19)26-4-2)12-9-7-5-6-8-10-21(23)24/h14-15H,3-13,16H2,1-2H3,(H,23,24). The third-order valence-electron chi connectivity index (χ3n) is 4.82. The zero-order valence-corrected chi connectivity index (χ0v) is 16.3. The second kappa shape index (κ2) is 11.1. The van der Waals surface area contributed by atoms with Gasteiger partial charge in [0.2, 0.25) is 0 Å². The first-order valence-electron chi connectivity index (χ1n) is 9.99. The van der Waals surface area contributed by atoms with Crippen molar-refractivity contribution in [2.45, 2.75) is 65.3 Å². The smallest absolute Gasteiger partial charge is 0.303 e. The summed E-state index contributed by atoms with van der Waals surface area (Å²) in [5.41, 5.74) is 2.73. The number of unbranched alkanes of at least 4 members (excludes halogenated alkanes) is 4. The first-order chi connectivity index (χ1) is 12.6. The molecule has 0 unspecified atom stereocenters. The van der Waals surface area contributed by atoms with Gasteiger partial charge in [-0.2, -0.15) is 0 Å². The summed E-state index contributed by atoms with van der Waals surface area (Å²) in [4.78, 5) is 13.0. The first-order valence-corrected chi connectivity index (χ1v) is 9.99. The number of benzene rings is 1. The summed E-state index contributed by atoms with van der Waals surface area (Å²) in [7, 11) is 0. The molecule has 146 valence electrons. The van der Waals surface area contributed by atoms with Gasteiger partial charge in [-0.05, 0) is 62.9 Å². The maximum absolute atomic E-state index is 10.5. The fourth-order valence-electron chi connectivity index (χ4n) is 3.49. The van der Waals surface area contributed by atoms with Crippen LogP contribution in [-0.4, -0.2) is 42.3 Å². The molecule has 0 aliphatic carbocycles. The topological polar surface area (TPSA) is 59.0 Å². The molecule has 0 spiro atoms. The van der Waals surface area contributed by atoms with Gasteiger partial charge in [0.1, 0.15) is 0 Å². The lowest BCUT2D eigenvalue weighted by molar-refractivity contribution is -0.137. The Labute approximate surface area is 157 Å². The fraction of sp³-hybridized carbons (Fsp3) is 0.667. The highest BCUT2D eigenvalue weighted by molar-refractivity contribution is 5.66. The summed E-state index contributed by atoms with van der Waals surface area (Å²) in [6.07, 6.45) is 6.66. The highest BCUT2D eigenvalue weighted by atomic mass is 16.5. The van der Waals surface area contributed by atoms with Gasteiger partial charge in [0, 0.05) is 19.5 Å². The molecule has 0 amide bonds. The average molecular weight is 363 g/mol. The van der Waals surface area contributed by atoms with Crippen molar-refractivity contribution in [3.63, 3.8) is 0 Å². The molecule has 26 heavy (non-hydrogen) atoms. The van der Waals surface area contributed by atoms with Gasteiger partial charge in [0.25, 0.3) is 0 Å². The highest BCUT2D eigenvalue weighted by Crippen LogP contribution is 2.34. The number of carboxylic acid groups (broad SMARTS) is 1. The van der Waals surface area contributed by atoms with E-state index >= 15 is 0 Å². The lowest BCUT2D eigenvalue weighted by Gasteiger charge is -2.29. The van der Waals surface area contributed by atoms with E-state index in [1.165, 1.54) is 24.0 Å². The van der Waals surface area contributed by atoms with Crippen LogP contribution in [0.25, 0.3) is 0 Å². The Hall–Kier alpha value is -1.75. The fourth-order valence-corrected chi connectivity index (χ4v) is 3.49. The Bertz CT molecular complexity index is 573. The number of aliphatic carboxylic acids is 1. The molecule has 1 heterocycles. The third-order valence-corrected chi connectivity index (χ3v) is 4.82. The zero-order valence-electron chi connectivity index (χ0n) is 16.3. The van der Waals surface area contributed by atoms with Crippen molar-refractivity contribution in [2.24, 2.45) is 0 Å². The number of nitrogens with zero attached hydrogens (tertiary/aromatic N) is 1. The number of rotatable bonds is 12. The number of fused-ring (bicyclic) bond motifs is 1. The SMILES string of the molecule is CCOc1cc2c(cc1OCC)CN(CCCCCCCC(=O)O)CC2. The Morgan fingerprint density at radius 2 is 1.62 bits per heavy atom. The summed E-state index contributed by atoms with van der Waals surface area (Å²) in [5.74, 6) is 1.03. The lowest BCUT2D eigenvalue weighted by Crippen LogP contribution is -2.31. The quantitative estimate of drug-likeness (QED) is 0.562. The van der Waals surface area contributed by atoms with Crippen LogP contribution in [0.15, 0.2) is 12.1 Å². The van der Waals surface area contributed by atoms with E-state index in [9.17, 15) is 4.79 Å². The van der Waals surface area contributed by atoms with Crippen LogP contribution < -0.4 is 9.47 Å². The lowest BCUT2D eigenvalue weighted by atomic mass is 9.98. The molecule has 0 aromatic heterocycles. The zero-order chi connectivity index (χ0) is 18.8. The largest absolute Gasteiger partial charge is 0.490 e. The van der Waals surface area contributed by atoms with Crippen LogP contribution in [0.5, 0.6) is 11.5 Å². The minimum absolute atomic E-state index is 0.300. The van der Waals surface area contributed by atoms with Crippen LogP contribution in [0.2, 0.25) is 0 Å². The molecule has 1 aromatic carbocycles. The Morgan fingerprint density at radius 1 is 1.00 bits per heavy atom. The number of hydrogen-bond donors (Lipinski definition) is 1. The highest BCUT2D eigenvalue weighted by Gasteiger charge is 2.19. The monoisotopic (exact) mass is 363 g/mol. The molecule has 0 saturated carbocycles. The van der Waals surface area contributed by atoms with Crippen LogP contribution in [0.4, 0.5) is 0 Å². The van der Waals surface area contributed by atoms with Crippen LogP contribution in [0.3, 0.4) is 0 Å². The molecule has 1 aliphatic rings. The Morgan fingerprint density at radius 3 is 2.27 bits per heavy atom. The molecule has 0 saturated heterocycles. The van der Waals surface area contributed by atoms with Crippen LogP contribution in [0.1, 0.15) is 63.5 Å². The van der Waals surface area contributed by atoms with Crippen molar-refractivity contribution in [1.29, 1.82) is 0 Å². The molecular weight excluding hydrogens is 330 g/mol. The predicted octanol–water partition coefficient (Wildman–Crippen LogP) is 4.27. The van der Waals surface area contributed by atoms with E-state index in [0.717, 1.165) is 56.8 Å². The predicted molar refractivity (Wildman–Crippen MR) is 103 cm³/mol. The average Bonchev–Trinajstić information content (AvgIpc) is 2.61. The normalized spacial score (nSPS) is 14.1. The van der Waals surface area contributed by atoms with E-state index in [-0.39, 0.29) is 0 Å². The van der Waals surface area contributed by atoms with Gasteiger partial charge in [-0.3, -0.25) is 9.69 Å². The van der Waals surface area contributed by atoms with Crippen molar-refractivity contribution in [2.75, 3.05) is 26.3 Å². The molecule has 0 bridgehead atoms. The van der Waals surface area contributed by atoms with Crippen molar-refractivity contribution in [1.82, 2.24) is 4.90 Å². The van der Waals surface area contributed by atoms with E-state index in [0.29, 0.717) is 19.6 Å². The molecule has 0 radical (unpaired) electrons. The van der Waals surface area contributed by atoms with Gasteiger partial charge < -0.3 is 14.6 Å². The van der Waals surface area contributed by atoms with Gasteiger partial charge in [-0.25, -0.2) is 0 Å². The summed E-state index contributed by atoms with van der Waals surface area (Å²) in [6.45, 7) is 8.46. The van der Waals surface area contributed by atoms with Crippen molar-refractivity contribution in [3.8, 4) is 11.5 Å². The van der Waals surface area contributed by atoms with Gasteiger partial charge >= 0.3 is 5.97 Å². The summed E-state index contributed by atoms with van der Waals surface area (Å²) in [6, 6.07) is 4.31. The van der Waals surface area contributed by atoms with Crippen molar-refractivity contribution >= 4 is 5.97 Å². The first kappa shape index (κ1) is 20.6. The minimum Gasteiger partial charge on any atom is -0.490 e. The number of carbonyl (C=O) groups is 1. The number of hydrogen-bond acceptors (Lipinski definition) is 4. The molecule has 0 atom stereocenters. The number of ether oxygens (including phenoxy) is 2. The van der Waals surface area contributed by atoms with Gasteiger partial charge in [0.15, 0.2) is 11.5 Å². The second-order valence-electron chi connectivity index (χ2n) is 6.87. The van der Waals surface area contributed by atoms with Gasteiger partial charge in [-0.15, -0.1) is 0 Å². The summed E-state index contributed by atoms with van der Waals surface area (Å²) in [5, 5.41) is 8.64. The van der Waals surface area contributed by atoms with Crippen molar-refractivity contribution in [3.05, 3.63) is 23.3 Å². The van der Waals surface area contributed by atoms with E-state index in [2.05, 4.69) is 17.0 Å². The maximum Gasteiger partial charge on any atom is 0.303 e. The third kappa shape index (κ3) is 6.52. The Balaban J connectivity index is 1.79. The Kier molecular flexibility index (Phi) is 8.75.